The van der Waals surface area contributed by atoms with Crippen LogP contribution in [0.4, 0.5) is 0 Å². The molecule has 0 fully saturated rings. The number of aromatic hydroxyl groups is 1. The molecule has 1 aliphatic carbocycles. The molecule has 1 amide bonds. The maximum Gasteiger partial charge on any atom is 0.269 e. The third kappa shape index (κ3) is 2.54. The number of fused-ring (bicyclic) bond motifs is 1. The summed E-state index contributed by atoms with van der Waals surface area (Å²) in [6, 6.07) is 8.50. The van der Waals surface area contributed by atoms with Crippen LogP contribution in [0.3, 0.4) is 0 Å². The van der Waals surface area contributed by atoms with Gasteiger partial charge in [-0.15, -0.1) is 0 Å². The molecule has 24 heavy (non-hydrogen) atoms. The highest BCUT2D eigenvalue weighted by Crippen LogP contribution is 2.27. The third-order valence-corrected chi connectivity index (χ3v) is 4.31. The number of aromatic nitrogens is 4. The van der Waals surface area contributed by atoms with Gasteiger partial charge in [-0.3, -0.25) is 15.0 Å². The van der Waals surface area contributed by atoms with Gasteiger partial charge < -0.3 is 10.4 Å². The molecule has 1 aromatic carbocycles. The first-order valence-electron chi connectivity index (χ1n) is 7.89. The summed E-state index contributed by atoms with van der Waals surface area (Å²) < 4.78 is 0. The van der Waals surface area contributed by atoms with Crippen LogP contribution in [-0.2, 0) is 19.4 Å². The van der Waals surface area contributed by atoms with Crippen molar-refractivity contribution < 1.29 is 9.90 Å². The van der Waals surface area contributed by atoms with Crippen LogP contribution < -0.4 is 5.32 Å². The number of benzene rings is 1. The molecule has 0 saturated carbocycles. The van der Waals surface area contributed by atoms with E-state index in [0.29, 0.717) is 23.5 Å². The predicted molar refractivity (Wildman–Crippen MR) is 87.5 cm³/mol. The van der Waals surface area contributed by atoms with E-state index in [1.807, 2.05) is 6.07 Å². The first-order chi connectivity index (χ1) is 11.7. The lowest BCUT2D eigenvalue weighted by Gasteiger charge is -2.02. The molecule has 0 saturated heterocycles. The fourth-order valence-electron chi connectivity index (χ4n) is 3.06. The molecule has 1 aliphatic rings. The summed E-state index contributed by atoms with van der Waals surface area (Å²) in [5, 5.41) is 26.8. The largest absolute Gasteiger partial charge is 0.507 e. The van der Waals surface area contributed by atoms with Crippen LogP contribution in [0, 0.1) is 0 Å². The molecule has 2 aromatic heterocycles. The molecule has 0 radical (unpaired) electrons. The Hall–Kier alpha value is -3.09. The Morgan fingerprint density at radius 3 is 2.96 bits per heavy atom. The molecule has 0 aliphatic heterocycles. The first-order valence-corrected chi connectivity index (χ1v) is 7.89. The first kappa shape index (κ1) is 14.5. The average Bonchev–Trinajstić information content (AvgIpc) is 3.30. The second-order valence-electron chi connectivity index (χ2n) is 5.85. The molecule has 0 unspecified atom stereocenters. The van der Waals surface area contributed by atoms with Crippen molar-refractivity contribution in [2.24, 2.45) is 0 Å². The Balaban J connectivity index is 1.46. The van der Waals surface area contributed by atoms with Crippen molar-refractivity contribution in [3.63, 3.8) is 0 Å². The van der Waals surface area contributed by atoms with Gasteiger partial charge in [-0.25, -0.2) is 0 Å². The number of amides is 1. The van der Waals surface area contributed by atoms with E-state index in [9.17, 15) is 9.90 Å². The number of hydrogen-bond acceptors (Lipinski definition) is 4. The Bertz CT molecular complexity index is 896. The topological polar surface area (TPSA) is 107 Å². The summed E-state index contributed by atoms with van der Waals surface area (Å²) in [7, 11) is 0. The number of para-hydroxylation sites is 1. The Kier molecular flexibility index (Phi) is 3.53. The molecule has 2 heterocycles. The van der Waals surface area contributed by atoms with Gasteiger partial charge in [-0.1, -0.05) is 12.1 Å². The fourth-order valence-corrected chi connectivity index (χ4v) is 3.06. The van der Waals surface area contributed by atoms with Gasteiger partial charge in [0.15, 0.2) is 0 Å². The second kappa shape index (κ2) is 5.84. The third-order valence-electron chi connectivity index (χ3n) is 4.31. The van der Waals surface area contributed by atoms with Crippen molar-refractivity contribution >= 4 is 5.91 Å². The molecule has 0 atom stereocenters. The van der Waals surface area contributed by atoms with E-state index in [-0.39, 0.29) is 11.7 Å². The minimum atomic E-state index is -0.251. The summed E-state index contributed by atoms with van der Waals surface area (Å²) in [6.45, 7) is 0.385. The van der Waals surface area contributed by atoms with Crippen LogP contribution in [0.1, 0.15) is 33.9 Å². The number of nitrogens with one attached hydrogen (secondary N) is 3. The second-order valence-corrected chi connectivity index (χ2v) is 5.85. The Labute approximate surface area is 138 Å². The average molecular weight is 323 g/mol. The number of phenols is 1. The summed E-state index contributed by atoms with van der Waals surface area (Å²) in [4.78, 5) is 12.3. The number of carbonyl (C=O) groups is 1. The molecule has 7 heteroatoms. The molecule has 0 spiro atoms. The fraction of sp³-hybridized carbons (Fsp3) is 0.235. The van der Waals surface area contributed by atoms with E-state index in [0.717, 1.165) is 25.0 Å². The quantitative estimate of drug-likeness (QED) is 0.588. The summed E-state index contributed by atoms with van der Waals surface area (Å²) in [5.74, 6) is -0.123. The number of rotatable bonds is 4. The molecular formula is C17H17N5O2. The lowest BCUT2D eigenvalue weighted by atomic mass is 10.1. The van der Waals surface area contributed by atoms with Crippen LogP contribution in [0.15, 0.2) is 30.3 Å². The number of aryl methyl sites for hydroxylation is 1. The van der Waals surface area contributed by atoms with Gasteiger partial charge in [-0.05, 0) is 43.0 Å². The zero-order valence-electron chi connectivity index (χ0n) is 13.0. The number of carbonyl (C=O) groups excluding carboxylic acids is 1. The summed E-state index contributed by atoms with van der Waals surface area (Å²) in [6.07, 6.45) is 3.17. The summed E-state index contributed by atoms with van der Waals surface area (Å²) in [5.41, 5.74) is 4.77. The van der Waals surface area contributed by atoms with Gasteiger partial charge in [-0.2, -0.15) is 10.2 Å². The van der Waals surface area contributed by atoms with E-state index in [2.05, 4.69) is 25.7 Å². The van der Waals surface area contributed by atoms with Gasteiger partial charge >= 0.3 is 0 Å². The van der Waals surface area contributed by atoms with Crippen molar-refractivity contribution in [3.05, 3.63) is 53.0 Å². The molecular weight excluding hydrogens is 306 g/mol. The molecule has 4 N–H and O–H groups in total. The molecule has 7 nitrogen and oxygen atoms in total. The standard InChI is InChI=1S/C17H17N5O2/c23-16-7-2-1-4-11(16)13-8-14(21-20-13)17(24)18-9-15-10-5-3-6-12(10)19-22-15/h1-2,4,7-8,23H,3,5-6,9H2,(H,18,24)(H,19,22)(H,20,21). The van der Waals surface area contributed by atoms with Crippen LogP contribution in [0.5, 0.6) is 5.75 Å². The smallest absolute Gasteiger partial charge is 0.269 e. The summed E-state index contributed by atoms with van der Waals surface area (Å²) >= 11 is 0. The van der Waals surface area contributed by atoms with Crippen molar-refractivity contribution in [1.82, 2.24) is 25.7 Å². The van der Waals surface area contributed by atoms with E-state index < -0.39 is 0 Å². The van der Waals surface area contributed by atoms with Gasteiger partial charge in [0.2, 0.25) is 0 Å². The van der Waals surface area contributed by atoms with E-state index in [4.69, 9.17) is 0 Å². The van der Waals surface area contributed by atoms with Crippen LogP contribution in [0.25, 0.3) is 11.3 Å². The van der Waals surface area contributed by atoms with Crippen molar-refractivity contribution in [1.29, 1.82) is 0 Å². The highest BCUT2D eigenvalue weighted by Gasteiger charge is 2.19. The maximum absolute atomic E-state index is 12.3. The monoisotopic (exact) mass is 323 g/mol. The highest BCUT2D eigenvalue weighted by atomic mass is 16.3. The highest BCUT2D eigenvalue weighted by molar-refractivity contribution is 5.93. The SMILES string of the molecule is O=C(NCc1n[nH]c2c1CCC2)c1cc(-c2ccccc2O)n[nH]1. The number of phenolic OH excluding ortho intramolecular Hbond substituents is 1. The van der Waals surface area contributed by atoms with Gasteiger partial charge in [0.25, 0.3) is 5.91 Å². The molecule has 3 aromatic rings. The zero-order valence-corrected chi connectivity index (χ0v) is 13.0. The normalized spacial score (nSPS) is 13.0. The van der Waals surface area contributed by atoms with Crippen molar-refractivity contribution in [2.45, 2.75) is 25.8 Å². The number of hydrogen-bond donors (Lipinski definition) is 4. The zero-order chi connectivity index (χ0) is 16.5. The van der Waals surface area contributed by atoms with Crippen molar-refractivity contribution in [3.8, 4) is 17.0 Å². The van der Waals surface area contributed by atoms with Crippen LogP contribution in [0.2, 0.25) is 0 Å². The molecule has 122 valence electrons. The number of H-pyrrole nitrogens is 2. The van der Waals surface area contributed by atoms with Gasteiger partial charge in [0.1, 0.15) is 11.4 Å². The van der Waals surface area contributed by atoms with Gasteiger partial charge in [0.05, 0.1) is 17.9 Å². The minimum absolute atomic E-state index is 0.128. The minimum Gasteiger partial charge on any atom is -0.507 e. The van der Waals surface area contributed by atoms with Gasteiger partial charge in [0, 0.05) is 11.3 Å². The molecule has 0 bridgehead atoms. The van der Waals surface area contributed by atoms with Crippen LogP contribution >= 0.6 is 0 Å². The maximum atomic E-state index is 12.3. The lowest BCUT2D eigenvalue weighted by Crippen LogP contribution is -2.23. The molecule has 4 rings (SSSR count). The van der Waals surface area contributed by atoms with E-state index in [1.54, 1.807) is 24.3 Å². The van der Waals surface area contributed by atoms with E-state index in [1.165, 1.54) is 11.3 Å². The Morgan fingerprint density at radius 2 is 2.08 bits per heavy atom. The van der Waals surface area contributed by atoms with Crippen molar-refractivity contribution in [2.75, 3.05) is 0 Å². The predicted octanol–water partition coefficient (Wildman–Crippen LogP) is 1.92. The lowest BCUT2D eigenvalue weighted by molar-refractivity contribution is 0.0945. The number of aromatic amines is 2. The Morgan fingerprint density at radius 1 is 1.21 bits per heavy atom. The van der Waals surface area contributed by atoms with Crippen LogP contribution in [-0.4, -0.2) is 31.4 Å². The van der Waals surface area contributed by atoms with E-state index >= 15 is 0 Å². The number of nitrogens with zero attached hydrogens (tertiary/aromatic N) is 2.